The Bertz CT molecular complexity index is 788. The topological polar surface area (TPSA) is 107 Å². The average molecular weight is 420 g/mol. The lowest BCUT2D eigenvalue weighted by Crippen LogP contribution is -2.66. The number of carbonyl (C=O) groups is 4. The van der Waals surface area contributed by atoms with E-state index in [1.54, 1.807) is 5.01 Å². The lowest BCUT2D eigenvalue weighted by atomic mass is 10.0. The molecule has 0 aliphatic carbocycles. The summed E-state index contributed by atoms with van der Waals surface area (Å²) in [4.78, 5) is 49.0. The molecular formula is C20H25N3O5S. The number of rotatable bonds is 6. The molecule has 2 aliphatic heterocycles. The zero-order valence-electron chi connectivity index (χ0n) is 16.2. The van der Waals surface area contributed by atoms with Crippen LogP contribution in [0.2, 0.25) is 0 Å². The summed E-state index contributed by atoms with van der Waals surface area (Å²) in [6.07, 6.45) is 1.89. The predicted octanol–water partition coefficient (Wildman–Crippen LogP) is 1.06. The number of hydrogen-bond acceptors (Lipinski definition) is 6. The molecule has 1 aromatic rings. The van der Waals surface area contributed by atoms with Crippen molar-refractivity contribution in [2.75, 3.05) is 13.1 Å². The quantitative estimate of drug-likeness (QED) is 0.710. The second kappa shape index (κ2) is 9.41. The fourth-order valence-corrected chi connectivity index (χ4v) is 4.66. The minimum absolute atomic E-state index is 0.177. The van der Waals surface area contributed by atoms with E-state index >= 15 is 0 Å². The Hall–Kier alpha value is -2.39. The molecule has 0 saturated carbocycles. The van der Waals surface area contributed by atoms with Gasteiger partial charge >= 0.3 is 5.97 Å². The highest BCUT2D eigenvalue weighted by Gasteiger charge is 2.44. The number of carboxylic acid groups (broad SMARTS) is 1. The van der Waals surface area contributed by atoms with Crippen LogP contribution < -0.4 is 5.32 Å². The van der Waals surface area contributed by atoms with Gasteiger partial charge in [0.25, 0.3) is 5.91 Å². The van der Waals surface area contributed by atoms with Crippen LogP contribution in [0, 0.1) is 0 Å². The lowest BCUT2D eigenvalue weighted by Gasteiger charge is -2.47. The van der Waals surface area contributed by atoms with Gasteiger partial charge in [-0.15, -0.1) is 0 Å². The van der Waals surface area contributed by atoms with E-state index in [9.17, 15) is 24.3 Å². The summed E-state index contributed by atoms with van der Waals surface area (Å²) in [7, 11) is 0. The third-order valence-corrected chi connectivity index (χ3v) is 6.16. The van der Waals surface area contributed by atoms with Gasteiger partial charge in [0.1, 0.15) is 12.1 Å². The van der Waals surface area contributed by atoms with Gasteiger partial charge in [-0.3, -0.25) is 19.4 Å². The van der Waals surface area contributed by atoms with Gasteiger partial charge < -0.3 is 10.4 Å². The van der Waals surface area contributed by atoms with Crippen molar-refractivity contribution in [2.45, 2.75) is 49.9 Å². The third kappa shape index (κ3) is 5.16. The minimum atomic E-state index is -1.04. The highest BCUT2D eigenvalue weighted by molar-refractivity contribution is 8.14. The molecule has 0 radical (unpaired) electrons. The summed E-state index contributed by atoms with van der Waals surface area (Å²) < 4.78 is 0. The van der Waals surface area contributed by atoms with Crippen molar-refractivity contribution in [3.8, 4) is 0 Å². The Kier molecular flexibility index (Phi) is 6.92. The molecule has 0 bridgehead atoms. The van der Waals surface area contributed by atoms with Crippen molar-refractivity contribution in [1.29, 1.82) is 0 Å². The number of amides is 2. The van der Waals surface area contributed by atoms with Crippen molar-refractivity contribution < 1.29 is 24.3 Å². The first-order chi connectivity index (χ1) is 13.9. The van der Waals surface area contributed by atoms with E-state index in [2.05, 4.69) is 5.32 Å². The van der Waals surface area contributed by atoms with Crippen molar-refractivity contribution >= 4 is 34.7 Å². The smallest absolute Gasteiger partial charge is 0.328 e. The van der Waals surface area contributed by atoms with Crippen LogP contribution in [0.3, 0.4) is 0 Å². The summed E-state index contributed by atoms with van der Waals surface area (Å²) in [6, 6.07) is 7.69. The van der Waals surface area contributed by atoms with Crippen molar-refractivity contribution in [3.63, 3.8) is 0 Å². The molecule has 8 nitrogen and oxygen atoms in total. The van der Waals surface area contributed by atoms with E-state index in [4.69, 9.17) is 0 Å². The third-order valence-electron chi connectivity index (χ3n) is 5.16. The van der Waals surface area contributed by atoms with Crippen LogP contribution in [-0.4, -0.2) is 68.4 Å². The maximum absolute atomic E-state index is 12.9. The molecule has 9 heteroatoms. The first-order valence-electron chi connectivity index (χ1n) is 9.69. The standard InChI is InChI=1S/C20H25N3O5S/c1-13(24)29-17(12-14-6-3-2-4-7-14)18(25)21-15-9-11-22-10-5-8-16(20(27)28)23(22)19(15)26/h2-4,6-7,15-17H,5,8-12H2,1H3,(H,21,25)(H,27,28)/t15?,16-,17+/m0/s1. The van der Waals surface area contributed by atoms with Gasteiger partial charge in [-0.1, -0.05) is 42.1 Å². The Morgan fingerprint density at radius 2 is 1.93 bits per heavy atom. The second-order valence-electron chi connectivity index (χ2n) is 7.27. The summed E-state index contributed by atoms with van der Waals surface area (Å²) in [5, 5.41) is 14.5. The molecule has 2 amide bonds. The van der Waals surface area contributed by atoms with Crippen LogP contribution in [-0.2, 0) is 25.6 Å². The number of aliphatic carboxylic acids is 1. The largest absolute Gasteiger partial charge is 0.480 e. The number of carbonyl (C=O) groups excluding carboxylic acids is 3. The molecule has 1 unspecified atom stereocenters. The first kappa shape index (κ1) is 21.3. The number of nitrogens with zero attached hydrogens (tertiary/aromatic N) is 2. The fraction of sp³-hybridized carbons (Fsp3) is 0.500. The van der Waals surface area contributed by atoms with Crippen LogP contribution >= 0.6 is 11.8 Å². The summed E-state index contributed by atoms with van der Waals surface area (Å²) in [5.74, 6) is -1.82. The zero-order valence-corrected chi connectivity index (χ0v) is 17.1. The highest BCUT2D eigenvalue weighted by atomic mass is 32.2. The number of benzene rings is 1. The predicted molar refractivity (Wildman–Crippen MR) is 108 cm³/mol. The highest BCUT2D eigenvalue weighted by Crippen LogP contribution is 2.25. The number of nitrogens with one attached hydrogen (secondary N) is 1. The maximum Gasteiger partial charge on any atom is 0.328 e. The number of thioether (sulfide) groups is 1. The van der Waals surface area contributed by atoms with E-state index in [-0.39, 0.29) is 11.0 Å². The van der Waals surface area contributed by atoms with Crippen molar-refractivity contribution in [1.82, 2.24) is 15.3 Å². The van der Waals surface area contributed by atoms with Crippen LogP contribution in [0.1, 0.15) is 31.7 Å². The Labute approximate surface area is 173 Å². The van der Waals surface area contributed by atoms with Gasteiger partial charge in [-0.05, 0) is 31.2 Å². The molecule has 2 N–H and O–H groups in total. The molecule has 2 saturated heterocycles. The van der Waals surface area contributed by atoms with E-state index in [1.165, 1.54) is 11.9 Å². The molecule has 0 spiro atoms. The van der Waals surface area contributed by atoms with Crippen LogP contribution in [0.25, 0.3) is 0 Å². The number of carboxylic acids is 1. The lowest BCUT2D eigenvalue weighted by molar-refractivity contribution is -0.183. The summed E-state index contributed by atoms with van der Waals surface area (Å²) in [5.41, 5.74) is 0.921. The van der Waals surface area contributed by atoms with Crippen LogP contribution in [0.15, 0.2) is 30.3 Å². The first-order valence-corrected chi connectivity index (χ1v) is 10.6. The molecule has 2 aliphatic rings. The van der Waals surface area contributed by atoms with E-state index in [0.29, 0.717) is 38.8 Å². The number of fused-ring (bicyclic) bond motifs is 1. The van der Waals surface area contributed by atoms with Crippen molar-refractivity contribution in [2.24, 2.45) is 0 Å². The van der Waals surface area contributed by atoms with E-state index in [0.717, 1.165) is 17.3 Å². The number of hydrazine groups is 1. The molecular weight excluding hydrogens is 394 g/mol. The van der Waals surface area contributed by atoms with Gasteiger partial charge in [0.05, 0.1) is 5.25 Å². The molecule has 2 fully saturated rings. The Morgan fingerprint density at radius 1 is 1.21 bits per heavy atom. The van der Waals surface area contributed by atoms with Crippen molar-refractivity contribution in [3.05, 3.63) is 35.9 Å². The maximum atomic E-state index is 12.9. The molecule has 3 rings (SSSR count). The molecule has 3 atom stereocenters. The molecule has 0 aromatic heterocycles. The molecule has 29 heavy (non-hydrogen) atoms. The Balaban J connectivity index is 1.71. The van der Waals surface area contributed by atoms with Gasteiger partial charge in [0.2, 0.25) is 5.91 Å². The van der Waals surface area contributed by atoms with Gasteiger partial charge in [-0.25, -0.2) is 9.80 Å². The van der Waals surface area contributed by atoms with Crippen LogP contribution in [0.4, 0.5) is 0 Å². The van der Waals surface area contributed by atoms with Crippen LogP contribution in [0.5, 0.6) is 0 Å². The van der Waals surface area contributed by atoms with Gasteiger partial charge in [0.15, 0.2) is 5.12 Å². The SMILES string of the molecule is CC(=O)S[C@H](Cc1ccccc1)C(=O)NC1CCN2CCC[C@@H](C(=O)O)N2C1=O. The molecule has 1 aromatic carbocycles. The van der Waals surface area contributed by atoms with E-state index in [1.807, 2.05) is 30.3 Å². The second-order valence-corrected chi connectivity index (χ2v) is 8.65. The Morgan fingerprint density at radius 3 is 2.59 bits per heavy atom. The average Bonchev–Trinajstić information content (AvgIpc) is 2.69. The summed E-state index contributed by atoms with van der Waals surface area (Å²) in [6.45, 7) is 2.54. The summed E-state index contributed by atoms with van der Waals surface area (Å²) >= 11 is 0.940. The molecule has 2 heterocycles. The molecule has 156 valence electrons. The van der Waals surface area contributed by atoms with Gasteiger partial charge in [-0.2, -0.15) is 0 Å². The monoisotopic (exact) mass is 419 g/mol. The zero-order chi connectivity index (χ0) is 21.0. The number of hydrogen-bond donors (Lipinski definition) is 2. The fourth-order valence-electron chi connectivity index (χ4n) is 3.81. The van der Waals surface area contributed by atoms with E-state index < -0.39 is 29.2 Å². The minimum Gasteiger partial charge on any atom is -0.480 e. The van der Waals surface area contributed by atoms with Gasteiger partial charge in [0, 0.05) is 20.0 Å². The normalized spacial score (nSPS) is 23.2.